The van der Waals surface area contributed by atoms with Crippen molar-refractivity contribution < 1.29 is 19.1 Å². The zero-order valence-electron chi connectivity index (χ0n) is 12.0. The Balaban J connectivity index is 3.25. The number of hydrogen-bond donors (Lipinski definition) is 0. The molecule has 0 fully saturated rings. The van der Waals surface area contributed by atoms with E-state index in [0.29, 0.717) is 5.56 Å². The van der Waals surface area contributed by atoms with Crippen LogP contribution in [0.25, 0.3) is 0 Å². The molecule has 0 saturated heterocycles. The first-order valence-electron chi connectivity index (χ1n) is 5.98. The molecule has 0 aliphatic carbocycles. The Hall–Kier alpha value is -1.40. The lowest BCUT2D eigenvalue weighted by Crippen LogP contribution is -2.52. The largest absolute Gasteiger partial charge is 0.467 e. The molecule has 0 heterocycles. The summed E-state index contributed by atoms with van der Waals surface area (Å²) in [5, 5.41) is 0. The van der Waals surface area contributed by atoms with E-state index in [-0.39, 0.29) is 12.5 Å². The zero-order valence-corrected chi connectivity index (χ0v) is 13.6. The van der Waals surface area contributed by atoms with Crippen molar-refractivity contribution in [3.8, 4) is 0 Å². The van der Waals surface area contributed by atoms with E-state index < -0.39 is 11.5 Å². The molecule has 0 bridgehead atoms. The first-order valence-corrected chi connectivity index (χ1v) is 6.77. The third-order valence-corrected chi connectivity index (χ3v) is 3.83. The van der Waals surface area contributed by atoms with Crippen LogP contribution in [-0.4, -0.2) is 44.7 Å². The molecule has 1 aromatic carbocycles. The molecule has 5 nitrogen and oxygen atoms in total. The summed E-state index contributed by atoms with van der Waals surface area (Å²) < 4.78 is 10.6. The van der Waals surface area contributed by atoms with Gasteiger partial charge in [0.25, 0.3) is 0 Å². The fourth-order valence-corrected chi connectivity index (χ4v) is 2.16. The molecule has 1 unspecified atom stereocenters. The third-order valence-electron chi connectivity index (χ3n) is 3.30. The highest BCUT2D eigenvalue weighted by Gasteiger charge is 2.42. The van der Waals surface area contributed by atoms with E-state index in [0.717, 1.165) is 4.47 Å². The predicted octanol–water partition coefficient (Wildman–Crippen LogP) is 1.94. The highest BCUT2D eigenvalue weighted by molar-refractivity contribution is 9.10. The molecule has 0 aliphatic heterocycles. The number of methoxy groups -OCH3 is 2. The van der Waals surface area contributed by atoms with Gasteiger partial charge in [0, 0.05) is 18.6 Å². The molecule has 6 heteroatoms. The van der Waals surface area contributed by atoms with Gasteiger partial charge in [0.15, 0.2) is 5.54 Å². The first-order chi connectivity index (χ1) is 9.37. The van der Waals surface area contributed by atoms with E-state index in [4.69, 9.17) is 9.47 Å². The Morgan fingerprint density at radius 1 is 1.25 bits per heavy atom. The van der Waals surface area contributed by atoms with Crippen molar-refractivity contribution in [2.24, 2.45) is 0 Å². The first kappa shape index (κ1) is 16.7. The summed E-state index contributed by atoms with van der Waals surface area (Å²) in [4.78, 5) is 25.6. The predicted molar refractivity (Wildman–Crippen MR) is 78.2 cm³/mol. The molecular weight excluding hydrogens is 326 g/mol. The van der Waals surface area contributed by atoms with Gasteiger partial charge in [-0.05, 0) is 24.6 Å². The molecule has 20 heavy (non-hydrogen) atoms. The molecule has 0 spiro atoms. The normalized spacial score (nSPS) is 13.4. The summed E-state index contributed by atoms with van der Waals surface area (Å²) in [6.45, 7) is 1.55. The van der Waals surface area contributed by atoms with E-state index >= 15 is 0 Å². The summed E-state index contributed by atoms with van der Waals surface area (Å²) >= 11 is 3.34. The van der Waals surface area contributed by atoms with Crippen LogP contribution >= 0.6 is 15.9 Å². The number of benzene rings is 1. The second-order valence-corrected chi connectivity index (χ2v) is 5.37. The van der Waals surface area contributed by atoms with Crippen molar-refractivity contribution in [2.75, 3.05) is 27.9 Å². The lowest BCUT2D eigenvalue weighted by atomic mass is 9.90. The van der Waals surface area contributed by atoms with E-state index in [1.807, 2.05) is 12.1 Å². The topological polar surface area (TPSA) is 55.8 Å². The van der Waals surface area contributed by atoms with Crippen LogP contribution in [0.1, 0.15) is 12.5 Å². The lowest BCUT2D eigenvalue weighted by molar-refractivity contribution is -0.161. The number of likely N-dealkylation sites (N-methyl/N-ethyl adjacent to an activating group) is 1. The molecular formula is C14H18BrNO4. The number of ether oxygens (including phenoxy) is 2. The number of nitrogens with zero attached hydrogens (tertiary/aromatic N) is 1. The van der Waals surface area contributed by atoms with Crippen molar-refractivity contribution in [3.63, 3.8) is 0 Å². The van der Waals surface area contributed by atoms with Gasteiger partial charge in [-0.3, -0.25) is 4.79 Å². The summed E-state index contributed by atoms with van der Waals surface area (Å²) in [6, 6.07) is 7.17. The molecule has 1 aromatic rings. The average Bonchev–Trinajstić information content (AvgIpc) is 2.45. The van der Waals surface area contributed by atoms with Crippen LogP contribution < -0.4 is 0 Å². The molecule has 0 aliphatic rings. The smallest absolute Gasteiger partial charge is 0.336 e. The van der Waals surface area contributed by atoms with Crippen LogP contribution in [-0.2, 0) is 24.6 Å². The van der Waals surface area contributed by atoms with Gasteiger partial charge >= 0.3 is 5.97 Å². The molecule has 1 amide bonds. The van der Waals surface area contributed by atoms with Gasteiger partial charge < -0.3 is 14.4 Å². The molecule has 1 rings (SSSR count). The van der Waals surface area contributed by atoms with E-state index in [2.05, 4.69) is 15.9 Å². The number of amides is 1. The van der Waals surface area contributed by atoms with Crippen molar-refractivity contribution in [1.82, 2.24) is 4.90 Å². The summed E-state index contributed by atoms with van der Waals surface area (Å²) in [5.74, 6) is -0.810. The van der Waals surface area contributed by atoms with E-state index in [1.54, 1.807) is 26.1 Å². The van der Waals surface area contributed by atoms with Gasteiger partial charge in [0.2, 0.25) is 5.91 Å². The fourth-order valence-electron chi connectivity index (χ4n) is 1.89. The van der Waals surface area contributed by atoms with Gasteiger partial charge in [-0.1, -0.05) is 28.1 Å². The number of carbonyl (C=O) groups excluding carboxylic acids is 2. The quantitative estimate of drug-likeness (QED) is 0.766. The second-order valence-electron chi connectivity index (χ2n) is 4.46. The fraction of sp³-hybridized carbons (Fsp3) is 0.429. The Morgan fingerprint density at radius 2 is 1.80 bits per heavy atom. The molecule has 0 aromatic heterocycles. The highest BCUT2D eigenvalue weighted by Crippen LogP contribution is 2.30. The van der Waals surface area contributed by atoms with E-state index in [9.17, 15) is 9.59 Å². The Morgan fingerprint density at radius 3 is 2.25 bits per heavy atom. The number of hydrogen-bond acceptors (Lipinski definition) is 4. The van der Waals surface area contributed by atoms with Gasteiger partial charge in [0.05, 0.1) is 7.11 Å². The minimum absolute atomic E-state index is 0.0976. The minimum atomic E-state index is -1.20. The Labute approximate surface area is 127 Å². The van der Waals surface area contributed by atoms with Crippen LogP contribution in [0.5, 0.6) is 0 Å². The van der Waals surface area contributed by atoms with Gasteiger partial charge in [-0.15, -0.1) is 0 Å². The molecule has 110 valence electrons. The second kappa shape index (κ2) is 6.85. The molecule has 0 saturated carbocycles. The molecule has 0 radical (unpaired) electrons. The molecule has 0 N–H and O–H groups in total. The summed E-state index contributed by atoms with van der Waals surface area (Å²) in [7, 11) is 4.29. The lowest BCUT2D eigenvalue weighted by Gasteiger charge is -2.36. The van der Waals surface area contributed by atoms with Crippen molar-refractivity contribution in [1.29, 1.82) is 0 Å². The van der Waals surface area contributed by atoms with Gasteiger partial charge in [-0.25, -0.2) is 4.79 Å². The van der Waals surface area contributed by atoms with Crippen LogP contribution in [0, 0.1) is 0 Å². The van der Waals surface area contributed by atoms with Crippen molar-refractivity contribution in [3.05, 3.63) is 34.3 Å². The minimum Gasteiger partial charge on any atom is -0.467 e. The van der Waals surface area contributed by atoms with Gasteiger partial charge in [0.1, 0.15) is 6.61 Å². The average molecular weight is 344 g/mol. The number of esters is 1. The van der Waals surface area contributed by atoms with Crippen LogP contribution in [0.15, 0.2) is 28.7 Å². The standard InChI is InChI=1S/C14H18BrNO4/c1-14(13(18)20-4,16(2)12(17)9-19-3)10-5-7-11(15)8-6-10/h5-8H,9H2,1-4H3. The Kier molecular flexibility index (Phi) is 5.71. The Bertz CT molecular complexity index is 488. The SMILES string of the molecule is COCC(=O)N(C)C(C)(C(=O)OC)c1ccc(Br)cc1. The summed E-state index contributed by atoms with van der Waals surface area (Å²) in [5.41, 5.74) is -0.537. The van der Waals surface area contributed by atoms with Gasteiger partial charge in [-0.2, -0.15) is 0 Å². The number of rotatable bonds is 5. The highest BCUT2D eigenvalue weighted by atomic mass is 79.9. The van der Waals surface area contributed by atoms with Crippen LogP contribution in [0.3, 0.4) is 0 Å². The zero-order chi connectivity index (χ0) is 15.3. The van der Waals surface area contributed by atoms with Crippen molar-refractivity contribution in [2.45, 2.75) is 12.5 Å². The number of halogens is 1. The molecule has 1 atom stereocenters. The monoisotopic (exact) mass is 343 g/mol. The maximum atomic E-state index is 12.2. The maximum absolute atomic E-state index is 12.2. The third kappa shape index (κ3) is 3.19. The van der Waals surface area contributed by atoms with Crippen molar-refractivity contribution >= 4 is 27.8 Å². The summed E-state index contributed by atoms with van der Waals surface area (Å²) in [6.07, 6.45) is 0. The van der Waals surface area contributed by atoms with E-state index in [1.165, 1.54) is 19.1 Å². The maximum Gasteiger partial charge on any atom is 0.336 e. The number of carbonyl (C=O) groups is 2. The van der Waals surface area contributed by atoms with Crippen LogP contribution in [0.4, 0.5) is 0 Å². The van der Waals surface area contributed by atoms with Crippen LogP contribution in [0.2, 0.25) is 0 Å².